The van der Waals surface area contributed by atoms with Crippen LogP contribution in [0, 0.1) is 11.8 Å². The number of hydrogen-bond acceptors (Lipinski definition) is 3. The number of nitrogens with zero attached hydrogens (tertiary/aromatic N) is 1. The maximum absolute atomic E-state index is 13.4. The minimum absolute atomic E-state index is 0.116. The van der Waals surface area contributed by atoms with Gasteiger partial charge in [0, 0.05) is 24.7 Å². The number of benzene rings is 2. The molecule has 1 saturated carbocycles. The molecule has 0 aromatic heterocycles. The second-order valence-electron chi connectivity index (χ2n) is 7.87. The smallest absolute Gasteiger partial charge is 0.308 e. The number of carboxylic acid groups (broad SMARTS) is 1. The Labute approximate surface area is 169 Å². The molecule has 29 heavy (non-hydrogen) atoms. The summed E-state index contributed by atoms with van der Waals surface area (Å²) in [6.07, 6.45) is 2.19. The third-order valence-corrected chi connectivity index (χ3v) is 5.62. The predicted octanol–water partition coefficient (Wildman–Crippen LogP) is 2.80. The average Bonchev–Trinajstić information content (AvgIpc) is 3.57. The van der Waals surface area contributed by atoms with E-state index < -0.39 is 17.8 Å². The van der Waals surface area contributed by atoms with Gasteiger partial charge in [0.15, 0.2) is 0 Å². The van der Waals surface area contributed by atoms with Crippen LogP contribution in [-0.2, 0) is 9.59 Å². The van der Waals surface area contributed by atoms with Gasteiger partial charge in [0.2, 0.25) is 5.91 Å². The molecule has 0 bridgehead atoms. The van der Waals surface area contributed by atoms with Crippen LogP contribution in [0.1, 0.15) is 29.6 Å². The highest BCUT2D eigenvalue weighted by atomic mass is 16.4. The number of amides is 2. The molecule has 2 aliphatic rings. The normalized spacial score (nSPS) is 21.4. The fourth-order valence-corrected chi connectivity index (χ4v) is 3.89. The van der Waals surface area contributed by atoms with Gasteiger partial charge in [-0.05, 0) is 36.5 Å². The van der Waals surface area contributed by atoms with Gasteiger partial charge < -0.3 is 15.3 Å². The van der Waals surface area contributed by atoms with E-state index in [-0.39, 0.29) is 37.4 Å². The van der Waals surface area contributed by atoms with Gasteiger partial charge in [-0.3, -0.25) is 14.4 Å². The Morgan fingerprint density at radius 2 is 1.55 bits per heavy atom. The summed E-state index contributed by atoms with van der Waals surface area (Å²) in [5.41, 5.74) is 2.24. The third kappa shape index (κ3) is 4.31. The van der Waals surface area contributed by atoms with Crippen molar-refractivity contribution in [2.45, 2.75) is 25.3 Å². The number of nitrogens with one attached hydrogen (secondary N) is 1. The lowest BCUT2D eigenvalue weighted by molar-refractivity contribution is -0.144. The molecule has 2 N–H and O–H groups in total. The topological polar surface area (TPSA) is 86.7 Å². The maximum Gasteiger partial charge on any atom is 0.308 e. The average molecular weight is 392 g/mol. The van der Waals surface area contributed by atoms with Crippen LogP contribution in [0.15, 0.2) is 54.6 Å². The Morgan fingerprint density at radius 1 is 0.897 bits per heavy atom. The van der Waals surface area contributed by atoms with Gasteiger partial charge in [-0.1, -0.05) is 48.5 Å². The van der Waals surface area contributed by atoms with Crippen molar-refractivity contribution in [3.8, 4) is 11.1 Å². The summed E-state index contributed by atoms with van der Waals surface area (Å²) in [6, 6.07) is 17.1. The van der Waals surface area contributed by atoms with Crippen molar-refractivity contribution in [1.29, 1.82) is 0 Å². The highest BCUT2D eigenvalue weighted by molar-refractivity contribution is 6.01. The molecular formula is C23H24N2O4. The predicted molar refractivity (Wildman–Crippen MR) is 108 cm³/mol. The van der Waals surface area contributed by atoms with E-state index in [1.165, 1.54) is 4.90 Å². The van der Waals surface area contributed by atoms with Crippen molar-refractivity contribution in [3.63, 3.8) is 0 Å². The SMILES string of the molecule is O=C(O)[C@@H]1C[C@H](C(=O)NC2CC2)CN(C(=O)c2ccccc2-c2ccccc2)C1. The van der Waals surface area contributed by atoms with Gasteiger partial charge in [-0.2, -0.15) is 0 Å². The van der Waals surface area contributed by atoms with E-state index in [1.807, 2.05) is 42.5 Å². The van der Waals surface area contributed by atoms with Crippen LogP contribution < -0.4 is 5.32 Å². The van der Waals surface area contributed by atoms with E-state index in [2.05, 4.69) is 5.32 Å². The van der Waals surface area contributed by atoms with Crippen molar-refractivity contribution in [1.82, 2.24) is 10.2 Å². The molecule has 1 aliphatic heterocycles. The molecule has 2 aromatic carbocycles. The minimum atomic E-state index is -0.969. The van der Waals surface area contributed by atoms with Gasteiger partial charge >= 0.3 is 5.97 Å². The molecule has 2 aromatic rings. The molecule has 1 saturated heterocycles. The zero-order valence-electron chi connectivity index (χ0n) is 16.1. The molecule has 2 fully saturated rings. The van der Waals surface area contributed by atoms with Crippen LogP contribution in [0.4, 0.5) is 0 Å². The number of hydrogen-bond donors (Lipinski definition) is 2. The van der Waals surface area contributed by atoms with Crippen LogP contribution in [0.2, 0.25) is 0 Å². The fraction of sp³-hybridized carbons (Fsp3) is 0.348. The number of carboxylic acids is 1. The van der Waals surface area contributed by atoms with Gasteiger partial charge in [0.05, 0.1) is 11.8 Å². The molecule has 2 amide bonds. The van der Waals surface area contributed by atoms with Crippen LogP contribution >= 0.6 is 0 Å². The Balaban J connectivity index is 1.60. The second-order valence-corrected chi connectivity index (χ2v) is 7.87. The number of aliphatic carboxylic acids is 1. The van der Waals surface area contributed by atoms with Crippen molar-refractivity contribution >= 4 is 17.8 Å². The van der Waals surface area contributed by atoms with Gasteiger partial charge in [-0.25, -0.2) is 0 Å². The molecule has 2 atom stereocenters. The molecule has 0 radical (unpaired) electrons. The minimum Gasteiger partial charge on any atom is -0.481 e. The first-order valence-corrected chi connectivity index (χ1v) is 10.00. The molecule has 150 valence electrons. The van der Waals surface area contributed by atoms with Gasteiger partial charge in [0.25, 0.3) is 5.91 Å². The number of carbonyl (C=O) groups excluding carboxylic acids is 2. The first-order valence-electron chi connectivity index (χ1n) is 10.00. The van der Waals surface area contributed by atoms with Crippen molar-refractivity contribution in [2.24, 2.45) is 11.8 Å². The third-order valence-electron chi connectivity index (χ3n) is 5.62. The summed E-state index contributed by atoms with van der Waals surface area (Å²) in [7, 11) is 0. The Morgan fingerprint density at radius 3 is 2.24 bits per heavy atom. The monoisotopic (exact) mass is 392 g/mol. The number of likely N-dealkylation sites (tertiary alicyclic amines) is 1. The molecule has 0 unspecified atom stereocenters. The molecule has 6 heteroatoms. The van der Waals surface area contributed by atoms with Crippen LogP contribution in [0.5, 0.6) is 0 Å². The maximum atomic E-state index is 13.4. The Kier molecular flexibility index (Phi) is 5.34. The number of rotatable bonds is 5. The lowest BCUT2D eigenvalue weighted by Gasteiger charge is -2.36. The molecular weight excluding hydrogens is 368 g/mol. The Bertz CT molecular complexity index is 923. The molecule has 0 spiro atoms. The largest absolute Gasteiger partial charge is 0.481 e. The summed E-state index contributed by atoms with van der Waals surface area (Å²) < 4.78 is 0. The highest BCUT2D eigenvalue weighted by Gasteiger charge is 2.39. The first kappa shape index (κ1) is 19.2. The molecule has 6 nitrogen and oxygen atoms in total. The molecule has 4 rings (SSSR count). The summed E-state index contributed by atoms with van der Waals surface area (Å²) in [5, 5.41) is 12.5. The van der Waals surface area contributed by atoms with Gasteiger partial charge in [0.1, 0.15) is 0 Å². The van der Waals surface area contributed by atoms with E-state index in [9.17, 15) is 19.5 Å². The van der Waals surface area contributed by atoms with Crippen LogP contribution in [0.25, 0.3) is 11.1 Å². The van der Waals surface area contributed by atoms with Crippen LogP contribution in [-0.4, -0.2) is 46.9 Å². The number of piperidine rings is 1. The second kappa shape index (κ2) is 8.07. The highest BCUT2D eigenvalue weighted by Crippen LogP contribution is 2.29. The zero-order valence-corrected chi connectivity index (χ0v) is 16.1. The fourth-order valence-electron chi connectivity index (χ4n) is 3.89. The molecule has 1 aliphatic carbocycles. The van der Waals surface area contributed by atoms with Crippen molar-refractivity contribution in [3.05, 3.63) is 60.2 Å². The summed E-state index contributed by atoms with van der Waals surface area (Å²) in [6.45, 7) is 0.356. The number of carbonyl (C=O) groups is 3. The zero-order chi connectivity index (χ0) is 20.4. The summed E-state index contributed by atoms with van der Waals surface area (Å²) in [4.78, 5) is 39.1. The van der Waals surface area contributed by atoms with E-state index in [1.54, 1.807) is 12.1 Å². The van der Waals surface area contributed by atoms with Gasteiger partial charge in [-0.15, -0.1) is 0 Å². The van der Waals surface area contributed by atoms with Crippen LogP contribution in [0.3, 0.4) is 0 Å². The van der Waals surface area contributed by atoms with E-state index >= 15 is 0 Å². The summed E-state index contributed by atoms with van der Waals surface area (Å²) >= 11 is 0. The van der Waals surface area contributed by atoms with E-state index in [0.717, 1.165) is 24.0 Å². The Hall–Kier alpha value is -3.15. The quantitative estimate of drug-likeness (QED) is 0.819. The van der Waals surface area contributed by atoms with E-state index in [0.29, 0.717) is 5.56 Å². The first-order chi connectivity index (χ1) is 14.0. The summed E-state index contributed by atoms with van der Waals surface area (Å²) in [5.74, 6) is -2.60. The molecule has 1 heterocycles. The standard InChI is InChI=1S/C23H24N2O4/c26-21(24-18-10-11-18)16-12-17(23(28)29)14-25(13-16)22(27)20-9-5-4-8-19(20)15-6-2-1-3-7-15/h1-9,16-18H,10-14H2,(H,24,26)(H,28,29)/t16-,17+/m0/s1. The van der Waals surface area contributed by atoms with Crippen molar-refractivity contribution in [2.75, 3.05) is 13.1 Å². The van der Waals surface area contributed by atoms with Crippen molar-refractivity contribution < 1.29 is 19.5 Å². The lowest BCUT2D eigenvalue weighted by atomic mass is 9.87. The van der Waals surface area contributed by atoms with E-state index in [4.69, 9.17) is 0 Å². The lowest BCUT2D eigenvalue weighted by Crippen LogP contribution is -2.50.